The maximum Gasteiger partial charge on any atom is 0.168 e. The zero-order valence-corrected chi connectivity index (χ0v) is 10.4. The van der Waals surface area contributed by atoms with Gasteiger partial charge < -0.3 is 9.47 Å². The molecular formula is C10H22O3S. The van der Waals surface area contributed by atoms with Crippen LogP contribution in [0, 0.1) is 0 Å². The highest BCUT2D eigenvalue weighted by molar-refractivity contribution is 7.85. The minimum absolute atomic E-state index is 0.221. The number of ether oxygens (including phenoxy) is 2. The molecule has 0 bridgehead atoms. The molecule has 0 N–H and O–H groups in total. The lowest BCUT2D eigenvalue weighted by Gasteiger charge is -2.18. The Hall–Kier alpha value is 0.0700. The first kappa shape index (κ1) is 14.1. The van der Waals surface area contributed by atoms with Crippen LogP contribution in [-0.2, 0) is 20.3 Å². The summed E-state index contributed by atoms with van der Waals surface area (Å²) in [7, 11) is -0.848. The van der Waals surface area contributed by atoms with Crippen LogP contribution in [0.25, 0.3) is 0 Å². The molecule has 0 saturated carbocycles. The number of hydrogen-bond acceptors (Lipinski definition) is 3. The topological polar surface area (TPSA) is 35.5 Å². The van der Waals surface area contributed by atoms with E-state index in [-0.39, 0.29) is 11.5 Å². The molecule has 0 amide bonds. The van der Waals surface area contributed by atoms with Gasteiger partial charge in [-0.25, -0.2) is 0 Å². The van der Waals surface area contributed by atoms with E-state index in [1.807, 2.05) is 27.7 Å². The molecule has 14 heavy (non-hydrogen) atoms. The third-order valence-electron chi connectivity index (χ3n) is 2.03. The molecule has 2 atom stereocenters. The number of hydrogen-bond donors (Lipinski definition) is 0. The Kier molecular flexibility index (Phi) is 8.43. The lowest BCUT2D eigenvalue weighted by molar-refractivity contribution is -0.120. The number of rotatable bonds is 8. The van der Waals surface area contributed by atoms with E-state index in [9.17, 15) is 4.21 Å². The molecule has 0 aromatic rings. The first-order valence-corrected chi connectivity index (χ1v) is 6.64. The molecule has 0 fully saturated rings. The van der Waals surface area contributed by atoms with Gasteiger partial charge >= 0.3 is 0 Å². The van der Waals surface area contributed by atoms with Gasteiger partial charge in [0.05, 0.1) is 5.75 Å². The van der Waals surface area contributed by atoms with Crippen molar-refractivity contribution in [3.63, 3.8) is 0 Å². The Balaban J connectivity index is 3.94. The van der Waals surface area contributed by atoms with Crippen LogP contribution >= 0.6 is 0 Å². The summed E-state index contributed by atoms with van der Waals surface area (Å²) < 4.78 is 22.4. The standard InChI is InChI=1S/C10H22O3S/c1-5-9(4)14(11)8-10(12-6-2)13-7-3/h9-10H,5-8H2,1-4H3. The lowest BCUT2D eigenvalue weighted by atomic mass is 10.4. The highest BCUT2D eigenvalue weighted by Crippen LogP contribution is 2.05. The third kappa shape index (κ3) is 5.73. The first-order valence-electron chi connectivity index (χ1n) is 5.25. The summed E-state index contributed by atoms with van der Waals surface area (Å²) in [5.74, 6) is 0.483. The molecule has 0 aromatic heterocycles. The van der Waals surface area contributed by atoms with Crippen molar-refractivity contribution >= 4 is 10.8 Å². The van der Waals surface area contributed by atoms with E-state index >= 15 is 0 Å². The average Bonchev–Trinajstić information content (AvgIpc) is 2.17. The van der Waals surface area contributed by atoms with Crippen molar-refractivity contribution in [2.45, 2.75) is 45.7 Å². The van der Waals surface area contributed by atoms with Crippen molar-refractivity contribution < 1.29 is 13.7 Å². The van der Waals surface area contributed by atoms with Crippen LogP contribution in [-0.4, -0.2) is 34.7 Å². The summed E-state index contributed by atoms with van der Waals surface area (Å²) in [4.78, 5) is 0. The van der Waals surface area contributed by atoms with E-state index in [1.165, 1.54) is 0 Å². The quantitative estimate of drug-likeness (QED) is 0.589. The van der Waals surface area contributed by atoms with E-state index in [1.54, 1.807) is 0 Å². The molecule has 3 nitrogen and oxygen atoms in total. The Labute approximate surface area is 89.6 Å². The second-order valence-corrected chi connectivity index (χ2v) is 5.01. The molecule has 0 heterocycles. The molecule has 86 valence electrons. The van der Waals surface area contributed by atoms with Gasteiger partial charge in [-0.05, 0) is 20.3 Å². The van der Waals surface area contributed by atoms with Crippen molar-refractivity contribution in [2.75, 3.05) is 19.0 Å². The Bertz CT molecular complexity index is 155. The molecule has 2 unspecified atom stereocenters. The summed E-state index contributed by atoms with van der Waals surface area (Å²) in [6.07, 6.45) is 0.622. The average molecular weight is 222 g/mol. The first-order chi connectivity index (χ1) is 6.65. The smallest absolute Gasteiger partial charge is 0.168 e. The van der Waals surface area contributed by atoms with Gasteiger partial charge in [-0.1, -0.05) is 13.8 Å². The minimum Gasteiger partial charge on any atom is -0.352 e. The van der Waals surface area contributed by atoms with Crippen LogP contribution < -0.4 is 0 Å². The van der Waals surface area contributed by atoms with Crippen LogP contribution in [0.4, 0.5) is 0 Å². The van der Waals surface area contributed by atoms with Crippen molar-refractivity contribution in [3.8, 4) is 0 Å². The summed E-state index contributed by atoms with van der Waals surface area (Å²) in [6, 6.07) is 0. The molecule has 4 heteroatoms. The molecule has 0 spiro atoms. The predicted molar refractivity (Wildman–Crippen MR) is 59.8 cm³/mol. The van der Waals surface area contributed by atoms with Gasteiger partial charge in [0.25, 0.3) is 0 Å². The summed E-state index contributed by atoms with van der Waals surface area (Å²) in [5, 5.41) is 0.221. The van der Waals surface area contributed by atoms with Crippen molar-refractivity contribution in [1.82, 2.24) is 0 Å². The van der Waals surface area contributed by atoms with Crippen LogP contribution in [0.5, 0.6) is 0 Å². The molecule has 0 radical (unpaired) electrons. The normalized spacial score (nSPS) is 15.8. The van der Waals surface area contributed by atoms with Crippen LogP contribution in [0.3, 0.4) is 0 Å². The van der Waals surface area contributed by atoms with E-state index in [0.717, 1.165) is 6.42 Å². The van der Waals surface area contributed by atoms with Gasteiger partial charge in [0.2, 0.25) is 0 Å². The molecule has 0 aliphatic rings. The fourth-order valence-electron chi connectivity index (χ4n) is 1.00. The van der Waals surface area contributed by atoms with Gasteiger partial charge in [0.1, 0.15) is 0 Å². The third-order valence-corrected chi connectivity index (χ3v) is 3.86. The fourth-order valence-corrected chi connectivity index (χ4v) is 2.16. The molecular weight excluding hydrogens is 200 g/mol. The van der Waals surface area contributed by atoms with E-state index in [2.05, 4.69) is 0 Å². The van der Waals surface area contributed by atoms with Gasteiger partial charge in [-0.2, -0.15) is 0 Å². The maximum atomic E-state index is 11.7. The zero-order valence-electron chi connectivity index (χ0n) is 9.62. The predicted octanol–water partition coefficient (Wildman–Crippen LogP) is 1.93. The minimum atomic E-state index is -0.848. The molecule has 0 aliphatic heterocycles. The van der Waals surface area contributed by atoms with Crippen LogP contribution in [0.1, 0.15) is 34.1 Å². The Morgan fingerprint density at radius 2 is 1.64 bits per heavy atom. The molecule has 0 aromatic carbocycles. The maximum absolute atomic E-state index is 11.7. The van der Waals surface area contributed by atoms with Crippen molar-refractivity contribution in [1.29, 1.82) is 0 Å². The van der Waals surface area contributed by atoms with E-state index < -0.39 is 10.8 Å². The zero-order chi connectivity index (χ0) is 11.0. The van der Waals surface area contributed by atoms with E-state index in [0.29, 0.717) is 19.0 Å². The van der Waals surface area contributed by atoms with Crippen LogP contribution in [0.2, 0.25) is 0 Å². The monoisotopic (exact) mass is 222 g/mol. The largest absolute Gasteiger partial charge is 0.352 e. The van der Waals surface area contributed by atoms with Crippen molar-refractivity contribution in [2.24, 2.45) is 0 Å². The molecule has 0 saturated heterocycles. The van der Waals surface area contributed by atoms with Gasteiger partial charge in [-0.3, -0.25) is 4.21 Å². The van der Waals surface area contributed by atoms with Gasteiger partial charge in [0, 0.05) is 29.3 Å². The molecule has 0 aliphatic carbocycles. The summed E-state index contributed by atoms with van der Waals surface area (Å²) >= 11 is 0. The molecule has 0 rings (SSSR count). The highest BCUT2D eigenvalue weighted by atomic mass is 32.2. The summed E-state index contributed by atoms with van der Waals surface area (Å²) in [6.45, 7) is 9.06. The van der Waals surface area contributed by atoms with Crippen molar-refractivity contribution in [3.05, 3.63) is 0 Å². The van der Waals surface area contributed by atoms with Gasteiger partial charge in [-0.15, -0.1) is 0 Å². The summed E-state index contributed by atoms with van der Waals surface area (Å²) in [5.41, 5.74) is 0. The lowest BCUT2D eigenvalue weighted by Crippen LogP contribution is -2.28. The van der Waals surface area contributed by atoms with E-state index in [4.69, 9.17) is 9.47 Å². The van der Waals surface area contributed by atoms with Crippen LogP contribution in [0.15, 0.2) is 0 Å². The fraction of sp³-hybridized carbons (Fsp3) is 1.00. The highest BCUT2D eigenvalue weighted by Gasteiger charge is 2.16. The SMILES string of the molecule is CCOC(CS(=O)C(C)CC)OCC. The second kappa shape index (κ2) is 8.38. The Morgan fingerprint density at radius 3 is 2.00 bits per heavy atom. The Morgan fingerprint density at radius 1 is 1.14 bits per heavy atom. The second-order valence-electron chi connectivity index (χ2n) is 3.11. The van der Waals surface area contributed by atoms with Gasteiger partial charge in [0.15, 0.2) is 6.29 Å².